The summed E-state index contributed by atoms with van der Waals surface area (Å²) in [5, 5.41) is 8.84. The predicted octanol–water partition coefficient (Wildman–Crippen LogP) is 2.14. The molecule has 2 fully saturated rings. The quantitative estimate of drug-likeness (QED) is 0.701. The summed E-state index contributed by atoms with van der Waals surface area (Å²) in [6.45, 7) is 3.31. The first-order valence-electron chi connectivity index (χ1n) is 9.47. The number of anilines is 1. The van der Waals surface area contributed by atoms with E-state index in [2.05, 4.69) is 25.1 Å². The van der Waals surface area contributed by atoms with Gasteiger partial charge in [-0.2, -0.15) is 0 Å². The molecule has 2 aliphatic heterocycles. The lowest BCUT2D eigenvalue weighted by molar-refractivity contribution is 0.0776. The molecule has 5 rings (SSSR count). The number of likely N-dealkylation sites (tertiary alicyclic amines) is 1. The fourth-order valence-electron chi connectivity index (χ4n) is 4.17. The van der Waals surface area contributed by atoms with Crippen LogP contribution >= 0.6 is 0 Å². The number of benzene rings is 1. The number of hydrogen-bond acceptors (Lipinski definition) is 6. The molecule has 2 saturated heterocycles. The van der Waals surface area contributed by atoms with Gasteiger partial charge in [-0.3, -0.25) is 9.78 Å². The zero-order valence-electron chi connectivity index (χ0n) is 15.3. The van der Waals surface area contributed by atoms with Crippen molar-refractivity contribution >= 4 is 11.7 Å². The highest BCUT2D eigenvalue weighted by atomic mass is 16.2. The van der Waals surface area contributed by atoms with Crippen molar-refractivity contribution in [1.29, 1.82) is 0 Å². The van der Waals surface area contributed by atoms with Gasteiger partial charge in [0.15, 0.2) is 5.82 Å². The Balaban J connectivity index is 1.24. The van der Waals surface area contributed by atoms with Gasteiger partial charge in [0.25, 0.3) is 5.91 Å². The molecule has 0 aliphatic carbocycles. The van der Waals surface area contributed by atoms with Gasteiger partial charge in [0.2, 0.25) is 0 Å². The van der Waals surface area contributed by atoms with Gasteiger partial charge in [0.1, 0.15) is 5.69 Å². The zero-order valence-corrected chi connectivity index (χ0v) is 15.3. The van der Waals surface area contributed by atoms with Gasteiger partial charge in [0, 0.05) is 56.0 Å². The molecule has 0 N–H and O–H groups in total. The van der Waals surface area contributed by atoms with Crippen molar-refractivity contribution in [2.24, 2.45) is 11.8 Å². The summed E-state index contributed by atoms with van der Waals surface area (Å²) in [5.41, 5.74) is 2.36. The second kappa shape index (κ2) is 6.99. The van der Waals surface area contributed by atoms with Crippen LogP contribution in [0.4, 0.5) is 5.82 Å². The average Bonchev–Trinajstić information content (AvgIpc) is 3.34. The highest BCUT2D eigenvalue weighted by molar-refractivity contribution is 5.92. The lowest BCUT2D eigenvalue weighted by atomic mass is 10.0. The SMILES string of the molecule is O=C(c1cnccn1)N1CC2CN(c3ccc(-c4ccccc4)nn3)CC2C1. The normalized spacial score (nSPS) is 21.0. The first kappa shape index (κ1) is 16.8. The molecule has 7 nitrogen and oxygen atoms in total. The third kappa shape index (κ3) is 3.09. The first-order valence-corrected chi connectivity index (χ1v) is 9.47. The van der Waals surface area contributed by atoms with Gasteiger partial charge in [-0.25, -0.2) is 4.98 Å². The highest BCUT2D eigenvalue weighted by Crippen LogP contribution is 2.33. The molecule has 140 valence electrons. The van der Waals surface area contributed by atoms with Crippen LogP contribution in [0.2, 0.25) is 0 Å². The minimum absolute atomic E-state index is 0.0268. The fourth-order valence-corrected chi connectivity index (χ4v) is 4.17. The van der Waals surface area contributed by atoms with Crippen LogP contribution in [0, 0.1) is 11.8 Å². The van der Waals surface area contributed by atoms with Crippen LogP contribution < -0.4 is 4.90 Å². The third-order valence-electron chi connectivity index (χ3n) is 5.60. The fraction of sp³-hybridized carbons (Fsp3) is 0.286. The Bertz CT molecular complexity index is 949. The van der Waals surface area contributed by atoms with E-state index in [0.717, 1.165) is 43.3 Å². The molecule has 28 heavy (non-hydrogen) atoms. The van der Waals surface area contributed by atoms with Crippen molar-refractivity contribution in [2.45, 2.75) is 0 Å². The lowest BCUT2D eigenvalue weighted by Gasteiger charge is -2.22. The third-order valence-corrected chi connectivity index (χ3v) is 5.60. The molecular weight excluding hydrogens is 352 g/mol. The smallest absolute Gasteiger partial charge is 0.274 e. The van der Waals surface area contributed by atoms with Crippen molar-refractivity contribution in [1.82, 2.24) is 25.1 Å². The molecule has 0 spiro atoms. The maximum Gasteiger partial charge on any atom is 0.274 e. The van der Waals surface area contributed by atoms with Gasteiger partial charge >= 0.3 is 0 Å². The summed E-state index contributed by atoms with van der Waals surface area (Å²) >= 11 is 0. The standard InChI is InChI=1S/C21H20N6O/c28-21(19-10-22-8-9-23-19)27-13-16-11-26(12-17(16)14-27)20-7-6-18(24-25-20)15-4-2-1-3-5-15/h1-10,16-17H,11-14H2. The summed E-state index contributed by atoms with van der Waals surface area (Å²) in [4.78, 5) is 24.9. The van der Waals surface area contributed by atoms with Crippen molar-refractivity contribution in [3.05, 3.63) is 66.7 Å². The van der Waals surface area contributed by atoms with E-state index in [1.165, 1.54) is 6.20 Å². The van der Waals surface area contributed by atoms with Crippen LogP contribution in [-0.2, 0) is 0 Å². The molecule has 2 aromatic heterocycles. The number of hydrogen-bond donors (Lipinski definition) is 0. The monoisotopic (exact) mass is 372 g/mol. The van der Waals surface area contributed by atoms with Crippen LogP contribution in [-0.4, -0.2) is 57.2 Å². The number of aromatic nitrogens is 4. The number of amides is 1. The van der Waals surface area contributed by atoms with Crippen LogP contribution in [0.15, 0.2) is 61.1 Å². The maximum atomic E-state index is 12.6. The van der Waals surface area contributed by atoms with Crippen LogP contribution in [0.25, 0.3) is 11.3 Å². The maximum absolute atomic E-state index is 12.6. The van der Waals surface area contributed by atoms with Crippen molar-refractivity contribution < 1.29 is 4.79 Å². The van der Waals surface area contributed by atoms with E-state index in [1.807, 2.05) is 47.4 Å². The van der Waals surface area contributed by atoms with Gasteiger partial charge in [0.05, 0.1) is 11.9 Å². The summed E-state index contributed by atoms with van der Waals surface area (Å²) in [6.07, 6.45) is 4.67. The molecule has 3 aromatic rings. The Hall–Kier alpha value is -3.35. The Kier molecular flexibility index (Phi) is 4.20. The first-order chi connectivity index (χ1) is 13.8. The van der Waals surface area contributed by atoms with E-state index in [1.54, 1.807) is 12.4 Å². The number of carbonyl (C=O) groups excluding carboxylic acids is 1. The second-order valence-electron chi connectivity index (χ2n) is 7.37. The minimum atomic E-state index is -0.0268. The van der Waals surface area contributed by atoms with Crippen molar-refractivity contribution in [3.63, 3.8) is 0 Å². The van der Waals surface area contributed by atoms with Gasteiger partial charge in [-0.15, -0.1) is 10.2 Å². The van der Waals surface area contributed by atoms with Gasteiger partial charge in [-0.05, 0) is 12.1 Å². The van der Waals surface area contributed by atoms with Crippen molar-refractivity contribution in [3.8, 4) is 11.3 Å². The molecule has 0 saturated carbocycles. The second-order valence-corrected chi connectivity index (χ2v) is 7.37. The topological polar surface area (TPSA) is 75.1 Å². The van der Waals surface area contributed by atoms with Crippen LogP contribution in [0.3, 0.4) is 0 Å². The molecule has 0 radical (unpaired) electrons. The van der Waals surface area contributed by atoms with E-state index in [-0.39, 0.29) is 5.91 Å². The molecule has 2 aliphatic rings. The van der Waals surface area contributed by atoms with Crippen molar-refractivity contribution in [2.75, 3.05) is 31.1 Å². The Labute approximate surface area is 163 Å². The Morgan fingerprint density at radius 2 is 1.68 bits per heavy atom. The highest BCUT2D eigenvalue weighted by Gasteiger charge is 2.42. The molecule has 7 heteroatoms. The van der Waals surface area contributed by atoms with E-state index in [9.17, 15) is 4.79 Å². The number of rotatable bonds is 3. The predicted molar refractivity (Wildman–Crippen MR) is 105 cm³/mol. The molecule has 2 atom stereocenters. The average molecular weight is 372 g/mol. The Morgan fingerprint density at radius 3 is 2.32 bits per heavy atom. The number of fused-ring (bicyclic) bond motifs is 1. The minimum Gasteiger partial charge on any atom is -0.354 e. The largest absolute Gasteiger partial charge is 0.354 e. The molecular formula is C21H20N6O. The molecule has 1 aromatic carbocycles. The lowest BCUT2D eigenvalue weighted by Crippen LogP contribution is -2.34. The van der Waals surface area contributed by atoms with E-state index < -0.39 is 0 Å². The molecule has 2 unspecified atom stereocenters. The summed E-state index contributed by atoms with van der Waals surface area (Å²) in [6, 6.07) is 14.1. The van der Waals surface area contributed by atoms with E-state index >= 15 is 0 Å². The van der Waals surface area contributed by atoms with E-state index in [4.69, 9.17) is 0 Å². The van der Waals surface area contributed by atoms with Crippen LogP contribution in [0.5, 0.6) is 0 Å². The zero-order chi connectivity index (χ0) is 18.9. The molecule has 0 bridgehead atoms. The number of carbonyl (C=O) groups is 1. The van der Waals surface area contributed by atoms with Gasteiger partial charge < -0.3 is 9.80 Å². The molecule has 1 amide bonds. The Morgan fingerprint density at radius 1 is 0.893 bits per heavy atom. The summed E-state index contributed by atoms with van der Waals surface area (Å²) in [5.74, 6) is 1.79. The van der Waals surface area contributed by atoms with Crippen LogP contribution in [0.1, 0.15) is 10.5 Å². The summed E-state index contributed by atoms with van der Waals surface area (Å²) in [7, 11) is 0. The number of nitrogens with zero attached hydrogens (tertiary/aromatic N) is 6. The van der Waals surface area contributed by atoms with Gasteiger partial charge in [-0.1, -0.05) is 30.3 Å². The molecule has 4 heterocycles. The van der Waals surface area contributed by atoms with E-state index in [0.29, 0.717) is 17.5 Å². The summed E-state index contributed by atoms with van der Waals surface area (Å²) < 4.78 is 0.